The Bertz CT molecular complexity index is 734. The van der Waals surface area contributed by atoms with Crippen LogP contribution in [0.25, 0.3) is 0 Å². The molecule has 0 spiro atoms. The van der Waals surface area contributed by atoms with Gasteiger partial charge in [0.05, 0.1) is 0 Å². The van der Waals surface area contributed by atoms with Crippen LogP contribution >= 0.6 is 11.6 Å². The Kier molecular flexibility index (Phi) is 6.95. The highest BCUT2D eigenvalue weighted by Crippen LogP contribution is 2.10. The van der Waals surface area contributed by atoms with E-state index in [0.29, 0.717) is 22.6 Å². The zero-order valence-corrected chi connectivity index (χ0v) is 14.6. The first kappa shape index (κ1) is 18.9. The number of carbonyl (C=O) groups excluding carboxylic acids is 2. The third-order valence-corrected chi connectivity index (χ3v) is 3.89. The van der Waals surface area contributed by atoms with Crippen molar-refractivity contribution >= 4 is 23.4 Å². The summed E-state index contributed by atoms with van der Waals surface area (Å²) in [5.74, 6) is -0.733. The molecule has 1 unspecified atom stereocenters. The van der Waals surface area contributed by atoms with Crippen LogP contribution in [0.5, 0.6) is 0 Å². The van der Waals surface area contributed by atoms with Crippen LogP contribution < -0.4 is 10.6 Å². The Morgan fingerprint density at radius 2 is 1.80 bits per heavy atom. The molecule has 0 saturated carbocycles. The van der Waals surface area contributed by atoms with Gasteiger partial charge in [-0.25, -0.2) is 4.39 Å². The molecule has 132 valence electrons. The predicted octanol–water partition coefficient (Wildman–Crippen LogP) is 3.35. The smallest absolute Gasteiger partial charge is 0.251 e. The summed E-state index contributed by atoms with van der Waals surface area (Å²) in [4.78, 5) is 23.8. The summed E-state index contributed by atoms with van der Waals surface area (Å²) in [5.41, 5.74) is 1.05. The third kappa shape index (κ3) is 6.19. The molecule has 4 nitrogen and oxygen atoms in total. The largest absolute Gasteiger partial charge is 0.353 e. The predicted molar refractivity (Wildman–Crippen MR) is 96.1 cm³/mol. The molecule has 0 radical (unpaired) electrons. The molecule has 2 aromatic carbocycles. The van der Waals surface area contributed by atoms with Crippen molar-refractivity contribution in [1.29, 1.82) is 0 Å². The van der Waals surface area contributed by atoms with Crippen LogP contribution in [-0.2, 0) is 11.2 Å². The third-order valence-electron chi connectivity index (χ3n) is 3.64. The highest BCUT2D eigenvalue weighted by Gasteiger charge is 2.11. The van der Waals surface area contributed by atoms with Gasteiger partial charge in [-0.1, -0.05) is 29.8 Å². The van der Waals surface area contributed by atoms with Gasteiger partial charge >= 0.3 is 0 Å². The Morgan fingerprint density at radius 3 is 2.48 bits per heavy atom. The second kappa shape index (κ2) is 9.18. The van der Waals surface area contributed by atoms with E-state index < -0.39 is 0 Å². The first-order chi connectivity index (χ1) is 12.0. The standard InChI is InChI=1S/C19H20ClFN2O2/c1-13(12-15-4-2-3-5-17(15)21)23-18(24)10-11-22-19(25)14-6-8-16(20)9-7-14/h2-9,13H,10-12H2,1H3,(H,22,25)(H,23,24). The van der Waals surface area contributed by atoms with Crippen LogP contribution in [0.3, 0.4) is 0 Å². The number of rotatable bonds is 7. The van der Waals surface area contributed by atoms with Crippen molar-refractivity contribution in [2.24, 2.45) is 0 Å². The maximum absolute atomic E-state index is 13.6. The second-order valence-corrected chi connectivity index (χ2v) is 6.21. The quantitative estimate of drug-likeness (QED) is 0.793. The van der Waals surface area contributed by atoms with Gasteiger partial charge in [0.2, 0.25) is 5.91 Å². The van der Waals surface area contributed by atoms with Gasteiger partial charge in [0.15, 0.2) is 0 Å². The van der Waals surface area contributed by atoms with Crippen molar-refractivity contribution in [2.75, 3.05) is 6.54 Å². The van der Waals surface area contributed by atoms with Gasteiger partial charge in [0, 0.05) is 29.6 Å². The fraction of sp³-hybridized carbons (Fsp3) is 0.263. The molecule has 2 N–H and O–H groups in total. The summed E-state index contributed by atoms with van der Waals surface area (Å²) in [6.45, 7) is 2.04. The van der Waals surface area contributed by atoms with Crippen LogP contribution in [0.15, 0.2) is 48.5 Å². The molecule has 25 heavy (non-hydrogen) atoms. The molecule has 0 aliphatic carbocycles. The molecule has 0 aliphatic rings. The number of hydrogen-bond acceptors (Lipinski definition) is 2. The van der Waals surface area contributed by atoms with Crippen LogP contribution in [0.1, 0.15) is 29.3 Å². The van der Waals surface area contributed by atoms with Crippen molar-refractivity contribution in [3.05, 3.63) is 70.5 Å². The molecular weight excluding hydrogens is 343 g/mol. The van der Waals surface area contributed by atoms with E-state index in [1.54, 1.807) is 42.5 Å². The highest BCUT2D eigenvalue weighted by atomic mass is 35.5. The summed E-state index contributed by atoms with van der Waals surface area (Å²) in [6.07, 6.45) is 0.566. The first-order valence-corrected chi connectivity index (χ1v) is 8.40. The van der Waals surface area contributed by atoms with Gasteiger partial charge in [-0.3, -0.25) is 9.59 Å². The topological polar surface area (TPSA) is 58.2 Å². The minimum atomic E-state index is -0.279. The van der Waals surface area contributed by atoms with Gasteiger partial charge in [0.1, 0.15) is 5.82 Å². The van der Waals surface area contributed by atoms with E-state index >= 15 is 0 Å². The lowest BCUT2D eigenvalue weighted by Crippen LogP contribution is -2.36. The average molecular weight is 363 g/mol. The van der Waals surface area contributed by atoms with E-state index in [9.17, 15) is 14.0 Å². The van der Waals surface area contributed by atoms with E-state index in [2.05, 4.69) is 10.6 Å². The normalized spacial score (nSPS) is 11.6. The zero-order chi connectivity index (χ0) is 18.2. The van der Waals surface area contributed by atoms with Crippen molar-refractivity contribution in [2.45, 2.75) is 25.8 Å². The molecule has 6 heteroatoms. The molecule has 2 rings (SSSR count). The Morgan fingerprint density at radius 1 is 1.12 bits per heavy atom. The summed E-state index contributed by atoms with van der Waals surface area (Å²) < 4.78 is 13.6. The minimum absolute atomic E-state index is 0.154. The van der Waals surface area contributed by atoms with E-state index in [1.807, 2.05) is 6.92 Å². The summed E-state index contributed by atoms with van der Waals surface area (Å²) in [7, 11) is 0. The van der Waals surface area contributed by atoms with E-state index in [-0.39, 0.29) is 36.6 Å². The number of amides is 2. The SMILES string of the molecule is CC(Cc1ccccc1F)NC(=O)CCNC(=O)c1ccc(Cl)cc1. The molecule has 0 fully saturated rings. The van der Waals surface area contributed by atoms with Crippen LogP contribution in [-0.4, -0.2) is 24.4 Å². The molecule has 0 aliphatic heterocycles. The maximum Gasteiger partial charge on any atom is 0.251 e. The molecule has 2 aromatic rings. The Hall–Kier alpha value is -2.40. The van der Waals surface area contributed by atoms with Crippen molar-refractivity contribution < 1.29 is 14.0 Å². The highest BCUT2D eigenvalue weighted by molar-refractivity contribution is 6.30. The average Bonchev–Trinajstić information content (AvgIpc) is 2.57. The molecule has 0 bridgehead atoms. The number of nitrogens with one attached hydrogen (secondary N) is 2. The molecular formula is C19H20ClFN2O2. The van der Waals surface area contributed by atoms with Crippen molar-refractivity contribution in [1.82, 2.24) is 10.6 Å². The lowest BCUT2D eigenvalue weighted by molar-refractivity contribution is -0.121. The van der Waals surface area contributed by atoms with Crippen LogP contribution in [0.4, 0.5) is 4.39 Å². The Balaban J connectivity index is 1.72. The minimum Gasteiger partial charge on any atom is -0.353 e. The number of benzene rings is 2. The van der Waals surface area contributed by atoms with Crippen molar-refractivity contribution in [3.8, 4) is 0 Å². The molecule has 2 amide bonds. The summed E-state index contributed by atoms with van der Waals surface area (Å²) in [5, 5.41) is 6.04. The number of hydrogen-bond donors (Lipinski definition) is 2. The van der Waals surface area contributed by atoms with Gasteiger partial charge in [-0.05, 0) is 49.2 Å². The lowest BCUT2D eigenvalue weighted by atomic mass is 10.1. The molecule has 0 heterocycles. The van der Waals surface area contributed by atoms with E-state index in [1.165, 1.54) is 6.07 Å². The molecule has 1 atom stereocenters. The monoisotopic (exact) mass is 362 g/mol. The fourth-order valence-electron chi connectivity index (χ4n) is 2.38. The van der Waals surface area contributed by atoms with Crippen molar-refractivity contribution in [3.63, 3.8) is 0 Å². The number of halogens is 2. The van der Waals surface area contributed by atoms with Gasteiger partial charge in [0.25, 0.3) is 5.91 Å². The van der Waals surface area contributed by atoms with Gasteiger partial charge < -0.3 is 10.6 Å². The number of carbonyl (C=O) groups is 2. The van der Waals surface area contributed by atoms with Gasteiger partial charge in [-0.2, -0.15) is 0 Å². The zero-order valence-electron chi connectivity index (χ0n) is 13.9. The van der Waals surface area contributed by atoms with Crippen LogP contribution in [0, 0.1) is 5.82 Å². The maximum atomic E-state index is 13.6. The summed E-state index contributed by atoms with van der Waals surface area (Å²) in [6, 6.07) is 12.8. The summed E-state index contributed by atoms with van der Waals surface area (Å²) >= 11 is 5.77. The van der Waals surface area contributed by atoms with Gasteiger partial charge in [-0.15, -0.1) is 0 Å². The molecule has 0 aromatic heterocycles. The Labute approximate surface area is 151 Å². The lowest BCUT2D eigenvalue weighted by Gasteiger charge is -2.14. The first-order valence-electron chi connectivity index (χ1n) is 8.02. The van der Waals surface area contributed by atoms with E-state index in [4.69, 9.17) is 11.6 Å². The molecule has 0 saturated heterocycles. The fourth-order valence-corrected chi connectivity index (χ4v) is 2.51. The second-order valence-electron chi connectivity index (χ2n) is 5.78. The van der Waals surface area contributed by atoms with Crippen LogP contribution in [0.2, 0.25) is 5.02 Å². The van der Waals surface area contributed by atoms with E-state index in [0.717, 1.165) is 0 Å².